The molecule has 0 aromatic carbocycles. The Kier molecular flexibility index (Phi) is 5.11. The lowest BCUT2D eigenvalue weighted by atomic mass is 10.1. The van der Waals surface area contributed by atoms with E-state index in [1.165, 1.54) is 12.8 Å². The molecule has 2 atom stereocenters. The maximum absolute atomic E-state index is 12.3. The first-order chi connectivity index (χ1) is 8.31. The van der Waals surface area contributed by atoms with Crippen LogP contribution in [-0.2, 0) is 9.53 Å². The second-order valence-electron chi connectivity index (χ2n) is 5.08. The van der Waals surface area contributed by atoms with Crippen molar-refractivity contribution in [2.45, 2.75) is 57.1 Å². The van der Waals surface area contributed by atoms with Gasteiger partial charge in [-0.3, -0.25) is 4.79 Å². The topological polar surface area (TPSA) is 29.5 Å². The number of hydrogen-bond acceptors (Lipinski definition) is 2. The van der Waals surface area contributed by atoms with Crippen molar-refractivity contribution >= 4 is 17.5 Å². The fraction of sp³-hybridized carbons (Fsp3) is 0.923. The highest BCUT2D eigenvalue weighted by molar-refractivity contribution is 6.18. The monoisotopic (exact) mass is 259 g/mol. The zero-order valence-corrected chi connectivity index (χ0v) is 11.1. The molecule has 0 radical (unpaired) electrons. The third-order valence-corrected chi connectivity index (χ3v) is 4.16. The molecular weight excluding hydrogens is 238 g/mol. The zero-order chi connectivity index (χ0) is 12.1. The van der Waals surface area contributed by atoms with Crippen LogP contribution in [-0.4, -0.2) is 42.0 Å². The van der Waals surface area contributed by atoms with Crippen LogP contribution in [0.2, 0.25) is 0 Å². The van der Waals surface area contributed by atoms with Gasteiger partial charge in [-0.1, -0.05) is 12.8 Å². The molecule has 2 rings (SSSR count). The first kappa shape index (κ1) is 13.2. The van der Waals surface area contributed by atoms with Crippen LogP contribution in [0.5, 0.6) is 0 Å². The van der Waals surface area contributed by atoms with Gasteiger partial charge < -0.3 is 9.64 Å². The Morgan fingerprint density at radius 1 is 1.24 bits per heavy atom. The van der Waals surface area contributed by atoms with Crippen molar-refractivity contribution in [2.24, 2.45) is 0 Å². The van der Waals surface area contributed by atoms with Gasteiger partial charge in [-0.2, -0.15) is 0 Å². The van der Waals surface area contributed by atoms with E-state index in [2.05, 4.69) is 0 Å². The van der Waals surface area contributed by atoms with Crippen LogP contribution in [0.4, 0.5) is 0 Å². The first-order valence-electron chi connectivity index (χ1n) is 6.78. The molecule has 0 saturated carbocycles. The molecule has 2 aliphatic rings. The van der Waals surface area contributed by atoms with Gasteiger partial charge in [-0.25, -0.2) is 0 Å². The Labute approximate surface area is 108 Å². The van der Waals surface area contributed by atoms with Crippen LogP contribution in [0.25, 0.3) is 0 Å². The van der Waals surface area contributed by atoms with E-state index in [0.29, 0.717) is 12.3 Å². The number of alkyl halides is 1. The number of halogens is 1. The van der Waals surface area contributed by atoms with Gasteiger partial charge in [0.15, 0.2) is 0 Å². The highest BCUT2D eigenvalue weighted by Crippen LogP contribution is 2.22. The maximum Gasteiger partial charge on any atom is 0.225 e. The highest BCUT2D eigenvalue weighted by Gasteiger charge is 2.27. The normalized spacial score (nSPS) is 30.3. The molecule has 2 unspecified atom stereocenters. The van der Waals surface area contributed by atoms with Gasteiger partial charge in [0.2, 0.25) is 5.91 Å². The lowest BCUT2D eigenvalue weighted by molar-refractivity contribution is -0.135. The van der Waals surface area contributed by atoms with Gasteiger partial charge in [0.05, 0.1) is 12.5 Å². The summed E-state index contributed by atoms with van der Waals surface area (Å²) >= 11 is 5.98. The van der Waals surface area contributed by atoms with Gasteiger partial charge in [-0.05, 0) is 25.7 Å². The Balaban J connectivity index is 1.89. The molecule has 0 N–H and O–H groups in total. The van der Waals surface area contributed by atoms with E-state index in [0.717, 1.165) is 38.8 Å². The Hall–Kier alpha value is -0.280. The summed E-state index contributed by atoms with van der Waals surface area (Å²) in [4.78, 5) is 14.3. The summed E-state index contributed by atoms with van der Waals surface area (Å²) in [6, 6.07) is 0.244. The number of hydrogen-bond donors (Lipinski definition) is 0. The van der Waals surface area contributed by atoms with E-state index in [9.17, 15) is 4.79 Å². The molecule has 4 heteroatoms. The second kappa shape index (κ2) is 6.60. The Morgan fingerprint density at radius 2 is 2.12 bits per heavy atom. The summed E-state index contributed by atoms with van der Waals surface area (Å²) in [5.41, 5.74) is 0. The third kappa shape index (κ3) is 3.59. The highest BCUT2D eigenvalue weighted by atomic mass is 35.5. The average Bonchev–Trinajstić information content (AvgIpc) is 2.71. The van der Waals surface area contributed by atoms with Crippen LogP contribution < -0.4 is 0 Å². The molecule has 0 spiro atoms. The summed E-state index contributed by atoms with van der Waals surface area (Å²) in [7, 11) is 0. The molecular formula is C13H22ClNO2. The second-order valence-corrected chi connectivity index (χ2v) is 5.39. The largest absolute Gasteiger partial charge is 0.378 e. The molecule has 0 aliphatic carbocycles. The molecule has 2 heterocycles. The number of nitrogens with zero attached hydrogens (tertiary/aromatic N) is 1. The minimum absolute atomic E-state index is 0.154. The fourth-order valence-corrected chi connectivity index (χ4v) is 3.10. The summed E-state index contributed by atoms with van der Waals surface area (Å²) < 4.78 is 5.53. The molecule has 2 fully saturated rings. The zero-order valence-electron chi connectivity index (χ0n) is 10.4. The Morgan fingerprint density at radius 3 is 2.82 bits per heavy atom. The predicted octanol–water partition coefficient (Wildman–Crippen LogP) is 2.57. The fourth-order valence-electron chi connectivity index (χ4n) is 2.78. The van der Waals surface area contributed by atoms with Gasteiger partial charge in [0.25, 0.3) is 0 Å². The molecule has 0 aromatic rings. The summed E-state index contributed by atoms with van der Waals surface area (Å²) in [6.45, 7) is 1.69. The van der Waals surface area contributed by atoms with Crippen molar-refractivity contribution in [1.82, 2.24) is 4.90 Å². The lowest BCUT2D eigenvalue weighted by Crippen LogP contribution is -2.42. The number of carbonyl (C=O) groups is 1. The van der Waals surface area contributed by atoms with Gasteiger partial charge in [-0.15, -0.1) is 11.6 Å². The maximum atomic E-state index is 12.3. The van der Waals surface area contributed by atoms with E-state index in [-0.39, 0.29) is 18.1 Å². The van der Waals surface area contributed by atoms with Crippen LogP contribution in [0, 0.1) is 0 Å². The van der Waals surface area contributed by atoms with Crippen LogP contribution in [0.15, 0.2) is 0 Å². The minimum Gasteiger partial charge on any atom is -0.378 e. The standard InChI is InChI=1S/C13H22ClNO2/c14-10-11-5-2-1-3-7-15(11)13(16)9-12-6-4-8-17-12/h11-12H,1-10H2. The van der Waals surface area contributed by atoms with E-state index >= 15 is 0 Å². The summed E-state index contributed by atoms with van der Waals surface area (Å²) in [6.07, 6.45) is 7.42. The van der Waals surface area contributed by atoms with Gasteiger partial charge >= 0.3 is 0 Å². The number of ether oxygens (including phenoxy) is 1. The van der Waals surface area contributed by atoms with E-state index in [1.54, 1.807) is 0 Å². The number of carbonyl (C=O) groups excluding carboxylic acids is 1. The quantitative estimate of drug-likeness (QED) is 0.729. The first-order valence-corrected chi connectivity index (χ1v) is 7.31. The minimum atomic E-state index is 0.154. The molecule has 1 amide bonds. The van der Waals surface area contributed by atoms with Gasteiger partial charge in [0.1, 0.15) is 0 Å². The molecule has 98 valence electrons. The van der Waals surface area contributed by atoms with Crippen LogP contribution in [0.1, 0.15) is 44.9 Å². The van der Waals surface area contributed by atoms with Crippen molar-refractivity contribution in [2.75, 3.05) is 19.0 Å². The molecule has 0 bridgehead atoms. The SMILES string of the molecule is O=C(CC1CCCO1)N1CCCCCC1CCl. The number of amides is 1. The summed E-state index contributed by atoms with van der Waals surface area (Å²) in [5, 5.41) is 0. The average molecular weight is 260 g/mol. The van der Waals surface area contributed by atoms with Crippen molar-refractivity contribution in [3.63, 3.8) is 0 Å². The van der Waals surface area contributed by atoms with E-state index in [4.69, 9.17) is 16.3 Å². The van der Waals surface area contributed by atoms with E-state index in [1.807, 2.05) is 4.90 Å². The van der Waals surface area contributed by atoms with Crippen molar-refractivity contribution in [3.8, 4) is 0 Å². The predicted molar refractivity (Wildman–Crippen MR) is 68.3 cm³/mol. The lowest BCUT2D eigenvalue weighted by Gasteiger charge is -2.29. The van der Waals surface area contributed by atoms with Crippen LogP contribution in [0.3, 0.4) is 0 Å². The van der Waals surface area contributed by atoms with Crippen molar-refractivity contribution < 1.29 is 9.53 Å². The van der Waals surface area contributed by atoms with Crippen molar-refractivity contribution in [3.05, 3.63) is 0 Å². The molecule has 2 aliphatic heterocycles. The van der Waals surface area contributed by atoms with E-state index < -0.39 is 0 Å². The van der Waals surface area contributed by atoms with Gasteiger partial charge in [0, 0.05) is 25.1 Å². The smallest absolute Gasteiger partial charge is 0.225 e. The van der Waals surface area contributed by atoms with Crippen molar-refractivity contribution in [1.29, 1.82) is 0 Å². The molecule has 17 heavy (non-hydrogen) atoms. The molecule has 0 aromatic heterocycles. The molecule has 3 nitrogen and oxygen atoms in total. The number of likely N-dealkylation sites (tertiary alicyclic amines) is 1. The Bertz CT molecular complexity index is 254. The molecule has 2 saturated heterocycles. The number of rotatable bonds is 3. The van der Waals surface area contributed by atoms with Crippen LogP contribution >= 0.6 is 11.6 Å². The summed E-state index contributed by atoms with van der Waals surface area (Å²) in [5.74, 6) is 0.807. The third-order valence-electron chi connectivity index (χ3n) is 3.80.